The number of nitrogens with zero attached hydrogens (tertiary/aromatic N) is 1. The van der Waals surface area contributed by atoms with Crippen molar-refractivity contribution in [2.75, 3.05) is 6.66 Å². The van der Waals surface area contributed by atoms with Crippen molar-refractivity contribution >= 4 is 15.0 Å². The molecule has 130 valence electrons. The Morgan fingerprint density at radius 2 is 1.54 bits per heavy atom. The van der Waals surface area contributed by atoms with Crippen LogP contribution in [-0.2, 0) is 22.1 Å². The maximum absolute atomic E-state index is 11.8. The SMILES string of the molecule is CP(=O)(O)C(O)(C[n+]1ccc(Cc2ccccc2)cc1)P(=O)([O-])O. The van der Waals surface area contributed by atoms with Gasteiger partial charge in [0.15, 0.2) is 26.5 Å². The molecule has 0 bridgehead atoms. The minimum absolute atomic E-state index is 0.665. The number of aliphatic hydroxyl groups is 1. The maximum Gasteiger partial charge on any atom is 0.263 e. The van der Waals surface area contributed by atoms with Crippen molar-refractivity contribution in [3.8, 4) is 0 Å². The van der Waals surface area contributed by atoms with Gasteiger partial charge in [-0.15, -0.1) is 0 Å². The monoisotopic (exact) mass is 371 g/mol. The van der Waals surface area contributed by atoms with E-state index in [-0.39, 0.29) is 0 Å². The summed E-state index contributed by atoms with van der Waals surface area (Å²) in [7, 11) is -10.0. The van der Waals surface area contributed by atoms with Crippen molar-refractivity contribution < 1.29 is 33.5 Å². The van der Waals surface area contributed by atoms with Gasteiger partial charge in [0.2, 0.25) is 7.37 Å². The zero-order chi connectivity index (χ0) is 18.0. The van der Waals surface area contributed by atoms with Crippen LogP contribution in [0.5, 0.6) is 0 Å². The van der Waals surface area contributed by atoms with Crippen LogP contribution in [0.1, 0.15) is 11.1 Å². The summed E-state index contributed by atoms with van der Waals surface area (Å²) in [4.78, 5) is 30.1. The molecule has 0 radical (unpaired) electrons. The molecule has 3 unspecified atom stereocenters. The third kappa shape index (κ3) is 4.19. The first kappa shape index (κ1) is 19.0. The predicted molar refractivity (Wildman–Crippen MR) is 86.4 cm³/mol. The molecule has 0 saturated heterocycles. The minimum atomic E-state index is -5.47. The molecule has 24 heavy (non-hydrogen) atoms. The molecular formula is C15H19NO6P2. The van der Waals surface area contributed by atoms with Gasteiger partial charge in [0.05, 0.1) is 0 Å². The van der Waals surface area contributed by atoms with E-state index in [0.717, 1.165) is 11.1 Å². The van der Waals surface area contributed by atoms with E-state index in [9.17, 15) is 28.9 Å². The standard InChI is InChI=1S/C15H19NO6P2/c1-23(18,19)15(17,24(20,21)22)12-16-9-7-14(8-10-16)11-13-5-3-2-4-6-13/h2-10,17H,11-12H2,1H3,(H2-,18,19,20,21,22). The van der Waals surface area contributed by atoms with Gasteiger partial charge in [-0.25, -0.2) is 4.57 Å². The summed E-state index contributed by atoms with van der Waals surface area (Å²) < 4.78 is 24.4. The molecule has 9 heteroatoms. The molecular weight excluding hydrogens is 352 g/mol. The highest BCUT2D eigenvalue weighted by Gasteiger charge is 2.54. The number of hydrogen-bond acceptors (Lipinski definition) is 4. The summed E-state index contributed by atoms with van der Waals surface area (Å²) in [5.74, 6) is 0. The molecule has 0 aliphatic heterocycles. The second-order valence-corrected chi connectivity index (χ2v) is 10.3. The Kier molecular flexibility index (Phi) is 5.45. The fraction of sp³-hybridized carbons (Fsp3) is 0.267. The van der Waals surface area contributed by atoms with Crippen LogP contribution in [0.15, 0.2) is 54.9 Å². The number of pyridine rings is 1. The summed E-state index contributed by atoms with van der Waals surface area (Å²) in [6.07, 6.45) is 3.63. The average Bonchev–Trinajstić information content (AvgIpc) is 2.48. The fourth-order valence-electron chi connectivity index (χ4n) is 2.24. The van der Waals surface area contributed by atoms with Gasteiger partial charge in [-0.05, 0) is 17.5 Å². The highest BCUT2D eigenvalue weighted by Crippen LogP contribution is 2.65. The van der Waals surface area contributed by atoms with Crippen LogP contribution < -0.4 is 9.46 Å². The topological polar surface area (TPSA) is 122 Å². The number of hydrogen-bond donors (Lipinski definition) is 3. The first-order valence-electron chi connectivity index (χ1n) is 7.11. The lowest BCUT2D eigenvalue weighted by atomic mass is 10.1. The Hall–Kier alpha value is -1.33. The van der Waals surface area contributed by atoms with Crippen LogP contribution >= 0.6 is 15.0 Å². The second kappa shape index (κ2) is 6.89. The van der Waals surface area contributed by atoms with Gasteiger partial charge in [-0.1, -0.05) is 30.3 Å². The van der Waals surface area contributed by atoms with Crippen LogP contribution in [0.2, 0.25) is 0 Å². The maximum atomic E-state index is 11.8. The highest BCUT2D eigenvalue weighted by molar-refractivity contribution is 7.74. The van der Waals surface area contributed by atoms with E-state index < -0.39 is 26.6 Å². The largest absolute Gasteiger partial charge is 0.776 e. The van der Waals surface area contributed by atoms with Crippen molar-refractivity contribution in [2.24, 2.45) is 0 Å². The summed E-state index contributed by atoms with van der Waals surface area (Å²) in [5, 5.41) is 6.95. The smallest absolute Gasteiger partial charge is 0.263 e. The number of benzene rings is 1. The summed E-state index contributed by atoms with van der Waals surface area (Å²) >= 11 is 0. The first-order chi connectivity index (χ1) is 11.0. The Balaban J connectivity index is 2.21. The highest BCUT2D eigenvalue weighted by atomic mass is 31.2. The normalized spacial score (nSPS) is 19.0. The van der Waals surface area contributed by atoms with Gasteiger partial charge in [0.1, 0.15) is 0 Å². The molecule has 1 aromatic carbocycles. The van der Waals surface area contributed by atoms with Crippen molar-refractivity contribution in [3.63, 3.8) is 0 Å². The predicted octanol–water partition coefficient (Wildman–Crippen LogP) is 0.657. The zero-order valence-electron chi connectivity index (χ0n) is 13.0. The number of rotatable bonds is 6. The molecule has 7 nitrogen and oxygen atoms in total. The lowest BCUT2D eigenvalue weighted by Crippen LogP contribution is -2.48. The molecule has 0 fully saturated rings. The van der Waals surface area contributed by atoms with Crippen molar-refractivity contribution in [3.05, 3.63) is 66.0 Å². The molecule has 2 rings (SSSR count). The van der Waals surface area contributed by atoms with E-state index in [0.29, 0.717) is 13.1 Å². The molecule has 2 aromatic rings. The second-order valence-electron chi connectivity index (χ2n) is 5.71. The third-order valence-electron chi connectivity index (χ3n) is 3.72. The molecule has 0 aliphatic carbocycles. The van der Waals surface area contributed by atoms with Crippen molar-refractivity contribution in [2.45, 2.75) is 18.0 Å². The first-order valence-corrected chi connectivity index (χ1v) is 10.8. The Bertz CT molecular complexity index is 759. The van der Waals surface area contributed by atoms with Gasteiger partial charge in [-0.2, -0.15) is 0 Å². The summed E-state index contributed by atoms with van der Waals surface area (Å²) in [6.45, 7) is -0.0573. The average molecular weight is 371 g/mol. The van der Waals surface area contributed by atoms with Crippen LogP contribution in [0.4, 0.5) is 0 Å². The van der Waals surface area contributed by atoms with E-state index in [1.165, 1.54) is 17.0 Å². The molecule has 3 atom stereocenters. The van der Waals surface area contributed by atoms with Crippen LogP contribution in [0, 0.1) is 0 Å². The molecule has 1 heterocycles. The van der Waals surface area contributed by atoms with E-state index in [1.54, 1.807) is 12.1 Å². The van der Waals surface area contributed by atoms with E-state index in [1.807, 2.05) is 30.3 Å². The Morgan fingerprint density at radius 3 is 2.00 bits per heavy atom. The molecule has 3 N–H and O–H groups in total. The Labute approximate surface area is 139 Å². The van der Waals surface area contributed by atoms with Gasteiger partial charge < -0.3 is 24.4 Å². The summed E-state index contributed by atoms with van der Waals surface area (Å²) in [5.41, 5.74) is 2.04. The number of aromatic nitrogens is 1. The molecule has 0 saturated carbocycles. The van der Waals surface area contributed by atoms with E-state index in [2.05, 4.69) is 0 Å². The van der Waals surface area contributed by atoms with Crippen LogP contribution in [0.25, 0.3) is 0 Å². The molecule has 0 spiro atoms. The van der Waals surface area contributed by atoms with Gasteiger partial charge in [0.25, 0.3) is 5.08 Å². The van der Waals surface area contributed by atoms with Gasteiger partial charge in [0, 0.05) is 18.8 Å². The van der Waals surface area contributed by atoms with Crippen LogP contribution in [-0.4, -0.2) is 26.6 Å². The lowest BCUT2D eigenvalue weighted by Gasteiger charge is -2.35. The van der Waals surface area contributed by atoms with Crippen LogP contribution in [0.3, 0.4) is 0 Å². The fourth-order valence-corrected chi connectivity index (χ4v) is 4.89. The molecule has 0 aliphatic rings. The van der Waals surface area contributed by atoms with Crippen molar-refractivity contribution in [1.82, 2.24) is 0 Å². The Morgan fingerprint density at radius 1 is 1.04 bits per heavy atom. The lowest BCUT2D eigenvalue weighted by molar-refractivity contribution is -0.703. The quantitative estimate of drug-likeness (QED) is 0.507. The molecule has 0 amide bonds. The zero-order valence-corrected chi connectivity index (χ0v) is 14.8. The van der Waals surface area contributed by atoms with E-state index >= 15 is 0 Å². The van der Waals surface area contributed by atoms with Gasteiger partial charge >= 0.3 is 0 Å². The molecule has 1 aromatic heterocycles. The van der Waals surface area contributed by atoms with E-state index in [4.69, 9.17) is 0 Å². The van der Waals surface area contributed by atoms with Gasteiger partial charge in [-0.3, -0.25) is 4.57 Å². The van der Waals surface area contributed by atoms with Crippen molar-refractivity contribution in [1.29, 1.82) is 0 Å². The third-order valence-corrected chi connectivity index (χ3v) is 8.11. The minimum Gasteiger partial charge on any atom is -0.776 e. The summed E-state index contributed by atoms with van der Waals surface area (Å²) in [6, 6.07) is 13.1.